The lowest BCUT2D eigenvalue weighted by Gasteiger charge is -2.46. The van der Waals surface area contributed by atoms with Gasteiger partial charge in [0.2, 0.25) is 0 Å². The van der Waals surface area contributed by atoms with E-state index in [2.05, 4.69) is 23.8 Å². The van der Waals surface area contributed by atoms with E-state index in [9.17, 15) is 0 Å². The summed E-state index contributed by atoms with van der Waals surface area (Å²) in [5.74, 6) is 0. The zero-order chi connectivity index (χ0) is 13.2. The van der Waals surface area contributed by atoms with Crippen molar-refractivity contribution < 1.29 is 4.74 Å². The summed E-state index contributed by atoms with van der Waals surface area (Å²) in [6.45, 7) is 7.95. The summed E-state index contributed by atoms with van der Waals surface area (Å²) in [5, 5.41) is 4.22. The molecule has 0 aromatic carbocycles. The van der Waals surface area contributed by atoms with Gasteiger partial charge in [-0.2, -0.15) is 5.10 Å². The monoisotopic (exact) mass is 252 g/mol. The number of nitrogens with zero attached hydrogens (tertiary/aromatic N) is 3. The van der Waals surface area contributed by atoms with Crippen LogP contribution in [0, 0.1) is 0 Å². The summed E-state index contributed by atoms with van der Waals surface area (Å²) in [6.07, 6.45) is 2.82. The van der Waals surface area contributed by atoms with Crippen LogP contribution in [0.5, 0.6) is 0 Å². The first kappa shape index (κ1) is 13.5. The highest BCUT2D eigenvalue weighted by Crippen LogP contribution is 2.32. The van der Waals surface area contributed by atoms with Crippen molar-refractivity contribution in [1.82, 2.24) is 14.7 Å². The van der Waals surface area contributed by atoms with Crippen molar-refractivity contribution in [2.75, 3.05) is 26.3 Å². The molecular formula is C13H24N4O. The van der Waals surface area contributed by atoms with Crippen molar-refractivity contribution in [3.63, 3.8) is 0 Å². The van der Waals surface area contributed by atoms with Gasteiger partial charge in [0, 0.05) is 31.9 Å². The molecule has 2 heterocycles. The highest BCUT2D eigenvalue weighted by atomic mass is 16.5. The van der Waals surface area contributed by atoms with E-state index in [-0.39, 0.29) is 11.6 Å². The molecule has 0 saturated carbocycles. The first-order valence-corrected chi connectivity index (χ1v) is 6.66. The number of rotatable bonds is 4. The molecule has 5 heteroatoms. The van der Waals surface area contributed by atoms with Crippen LogP contribution in [-0.4, -0.2) is 46.5 Å². The SMILES string of the molecule is CCC(C)(C(N)c1ccnn1C)N1CCOCC1. The summed E-state index contributed by atoms with van der Waals surface area (Å²) in [6, 6.07) is 1.98. The van der Waals surface area contributed by atoms with E-state index < -0.39 is 0 Å². The lowest BCUT2D eigenvalue weighted by Crippen LogP contribution is -2.57. The number of nitrogens with two attached hydrogens (primary N) is 1. The minimum Gasteiger partial charge on any atom is -0.379 e. The predicted molar refractivity (Wildman–Crippen MR) is 71.2 cm³/mol. The quantitative estimate of drug-likeness (QED) is 0.866. The molecule has 5 nitrogen and oxygen atoms in total. The van der Waals surface area contributed by atoms with Gasteiger partial charge >= 0.3 is 0 Å². The van der Waals surface area contributed by atoms with Crippen molar-refractivity contribution in [3.8, 4) is 0 Å². The molecule has 2 unspecified atom stereocenters. The summed E-state index contributed by atoms with van der Waals surface area (Å²) in [5.41, 5.74) is 7.56. The van der Waals surface area contributed by atoms with Gasteiger partial charge in [-0.3, -0.25) is 9.58 Å². The van der Waals surface area contributed by atoms with Gasteiger partial charge in [-0.15, -0.1) is 0 Å². The Morgan fingerprint density at radius 1 is 1.50 bits per heavy atom. The van der Waals surface area contributed by atoms with E-state index in [0.29, 0.717) is 0 Å². The maximum absolute atomic E-state index is 6.52. The van der Waals surface area contributed by atoms with Crippen LogP contribution in [0.3, 0.4) is 0 Å². The summed E-state index contributed by atoms with van der Waals surface area (Å²) in [7, 11) is 1.95. The van der Waals surface area contributed by atoms with Gasteiger partial charge in [0.25, 0.3) is 0 Å². The predicted octanol–water partition coefficient (Wildman–Crippen LogP) is 0.921. The second-order valence-corrected chi connectivity index (χ2v) is 5.17. The molecule has 0 spiro atoms. The number of hydrogen-bond acceptors (Lipinski definition) is 4. The molecule has 102 valence electrons. The lowest BCUT2D eigenvalue weighted by molar-refractivity contribution is -0.0286. The third kappa shape index (κ3) is 2.30. The largest absolute Gasteiger partial charge is 0.379 e. The molecule has 2 N–H and O–H groups in total. The smallest absolute Gasteiger partial charge is 0.0651 e. The maximum atomic E-state index is 6.52. The van der Waals surface area contributed by atoms with Crippen LogP contribution in [0.25, 0.3) is 0 Å². The Labute approximate surface area is 109 Å². The number of hydrogen-bond donors (Lipinski definition) is 1. The molecule has 1 aliphatic heterocycles. The topological polar surface area (TPSA) is 56.3 Å². The van der Waals surface area contributed by atoms with Gasteiger partial charge in [-0.1, -0.05) is 6.92 Å². The normalized spacial score (nSPS) is 22.7. The van der Waals surface area contributed by atoms with Crippen LogP contribution < -0.4 is 5.73 Å². The van der Waals surface area contributed by atoms with Crippen molar-refractivity contribution in [1.29, 1.82) is 0 Å². The van der Waals surface area contributed by atoms with E-state index in [1.807, 2.05) is 24.0 Å². The fraction of sp³-hybridized carbons (Fsp3) is 0.769. The molecule has 1 saturated heterocycles. The number of ether oxygens (including phenoxy) is 1. The average Bonchev–Trinajstić information content (AvgIpc) is 2.84. The molecule has 1 aromatic rings. The Kier molecular flexibility index (Phi) is 4.04. The van der Waals surface area contributed by atoms with Crippen LogP contribution in [0.2, 0.25) is 0 Å². The second-order valence-electron chi connectivity index (χ2n) is 5.17. The molecule has 1 aromatic heterocycles. The Balaban J connectivity index is 2.22. The van der Waals surface area contributed by atoms with Crippen LogP contribution >= 0.6 is 0 Å². The zero-order valence-corrected chi connectivity index (χ0v) is 11.6. The van der Waals surface area contributed by atoms with Crippen LogP contribution in [0.15, 0.2) is 12.3 Å². The molecule has 0 amide bonds. The van der Waals surface area contributed by atoms with E-state index in [4.69, 9.17) is 10.5 Å². The Hall–Kier alpha value is -0.910. The van der Waals surface area contributed by atoms with Crippen LogP contribution in [0.4, 0.5) is 0 Å². The van der Waals surface area contributed by atoms with E-state index >= 15 is 0 Å². The molecule has 0 aliphatic carbocycles. The zero-order valence-electron chi connectivity index (χ0n) is 11.6. The number of morpholine rings is 1. The van der Waals surface area contributed by atoms with E-state index in [1.54, 1.807) is 0 Å². The Bertz CT molecular complexity index is 386. The molecular weight excluding hydrogens is 228 g/mol. The first-order chi connectivity index (χ1) is 8.59. The van der Waals surface area contributed by atoms with Crippen molar-refractivity contribution >= 4 is 0 Å². The van der Waals surface area contributed by atoms with Gasteiger partial charge in [-0.25, -0.2) is 0 Å². The Morgan fingerprint density at radius 3 is 2.67 bits per heavy atom. The molecule has 1 aliphatic rings. The standard InChI is InChI=1S/C13H24N4O/c1-4-13(2,17-7-9-18-10-8-17)12(14)11-5-6-15-16(11)3/h5-6,12H,4,7-10,14H2,1-3H3. The maximum Gasteiger partial charge on any atom is 0.0651 e. The van der Waals surface area contributed by atoms with Crippen LogP contribution in [-0.2, 0) is 11.8 Å². The third-order valence-corrected chi connectivity index (χ3v) is 4.30. The van der Waals surface area contributed by atoms with Crippen molar-refractivity contribution in [2.24, 2.45) is 12.8 Å². The minimum atomic E-state index is -0.0441. The summed E-state index contributed by atoms with van der Waals surface area (Å²) in [4.78, 5) is 2.45. The fourth-order valence-corrected chi connectivity index (χ4v) is 2.72. The fourth-order valence-electron chi connectivity index (χ4n) is 2.72. The Morgan fingerprint density at radius 2 is 2.17 bits per heavy atom. The number of aryl methyl sites for hydroxylation is 1. The molecule has 2 atom stereocenters. The van der Waals surface area contributed by atoms with Gasteiger partial charge < -0.3 is 10.5 Å². The van der Waals surface area contributed by atoms with Gasteiger partial charge in [-0.05, 0) is 19.4 Å². The molecule has 2 rings (SSSR count). The van der Waals surface area contributed by atoms with Crippen molar-refractivity contribution in [2.45, 2.75) is 31.8 Å². The molecule has 18 heavy (non-hydrogen) atoms. The molecule has 1 fully saturated rings. The van der Waals surface area contributed by atoms with Gasteiger partial charge in [0.1, 0.15) is 0 Å². The van der Waals surface area contributed by atoms with Gasteiger partial charge in [0.05, 0.1) is 24.9 Å². The minimum absolute atomic E-state index is 0.0342. The summed E-state index contributed by atoms with van der Waals surface area (Å²) >= 11 is 0. The van der Waals surface area contributed by atoms with Crippen LogP contribution in [0.1, 0.15) is 32.0 Å². The highest BCUT2D eigenvalue weighted by molar-refractivity contribution is 5.13. The second kappa shape index (κ2) is 5.38. The van der Waals surface area contributed by atoms with E-state index in [0.717, 1.165) is 38.4 Å². The number of aromatic nitrogens is 2. The van der Waals surface area contributed by atoms with Gasteiger partial charge in [0.15, 0.2) is 0 Å². The third-order valence-electron chi connectivity index (χ3n) is 4.30. The molecule has 0 bridgehead atoms. The summed E-state index contributed by atoms with van der Waals surface area (Å²) < 4.78 is 7.31. The first-order valence-electron chi connectivity index (χ1n) is 6.66. The highest BCUT2D eigenvalue weighted by Gasteiger charge is 2.38. The molecule has 0 radical (unpaired) electrons. The average molecular weight is 252 g/mol. The lowest BCUT2D eigenvalue weighted by atomic mass is 9.85. The van der Waals surface area contributed by atoms with Crippen molar-refractivity contribution in [3.05, 3.63) is 18.0 Å². The van der Waals surface area contributed by atoms with E-state index in [1.165, 1.54) is 0 Å².